The number of methoxy groups -OCH3 is 1. The molecule has 0 atom stereocenters. The lowest BCUT2D eigenvalue weighted by atomic mass is 10.0. The Morgan fingerprint density at radius 2 is 2.04 bits per heavy atom. The van der Waals surface area contributed by atoms with Gasteiger partial charge in [0.05, 0.1) is 7.11 Å². The van der Waals surface area contributed by atoms with E-state index in [-0.39, 0.29) is 5.91 Å². The number of ether oxygens (including phenoxy) is 1. The minimum atomic E-state index is 0.0851. The molecule has 0 saturated carbocycles. The predicted octanol–water partition coefficient (Wildman–Crippen LogP) is 3.86. The molecule has 1 aliphatic heterocycles. The molecular weight excluding hydrogens is 314 g/mol. The van der Waals surface area contributed by atoms with Crippen LogP contribution < -0.4 is 4.74 Å². The summed E-state index contributed by atoms with van der Waals surface area (Å²) < 4.78 is 5.41. The third kappa shape index (κ3) is 2.86. The molecule has 3 heterocycles. The smallest absolute Gasteiger partial charge is 0.270 e. The number of likely N-dealkylation sites (tertiary alicyclic amines) is 1. The molecule has 1 aliphatic rings. The molecule has 0 radical (unpaired) electrons. The molecule has 1 saturated heterocycles. The summed E-state index contributed by atoms with van der Waals surface area (Å²) in [6, 6.07) is 9.81. The average Bonchev–Trinajstić information content (AvgIpc) is 3.17. The lowest BCUT2D eigenvalue weighted by Crippen LogP contribution is -2.35. The first-order valence-corrected chi connectivity index (χ1v) is 8.68. The number of rotatable bonds is 3. The Kier molecular flexibility index (Phi) is 4.14. The van der Waals surface area contributed by atoms with E-state index in [1.165, 1.54) is 6.42 Å². The summed E-state index contributed by atoms with van der Waals surface area (Å²) in [4.78, 5) is 22.2. The zero-order valence-corrected chi connectivity index (χ0v) is 14.3. The largest absolute Gasteiger partial charge is 0.494 e. The van der Waals surface area contributed by atoms with E-state index in [4.69, 9.17) is 4.74 Å². The monoisotopic (exact) mass is 335 g/mol. The van der Waals surface area contributed by atoms with Crippen LogP contribution in [0.4, 0.5) is 0 Å². The molecule has 1 fully saturated rings. The summed E-state index contributed by atoms with van der Waals surface area (Å²) in [7, 11) is 1.65. The minimum absolute atomic E-state index is 0.0851. The summed E-state index contributed by atoms with van der Waals surface area (Å²) in [5.41, 5.74) is 3.50. The highest BCUT2D eigenvalue weighted by Gasteiger charge is 2.20. The number of nitrogens with zero attached hydrogens (tertiary/aromatic N) is 2. The topological polar surface area (TPSA) is 58.2 Å². The third-order valence-corrected chi connectivity index (χ3v) is 4.82. The van der Waals surface area contributed by atoms with Gasteiger partial charge >= 0.3 is 0 Å². The number of hydrogen-bond acceptors (Lipinski definition) is 3. The van der Waals surface area contributed by atoms with E-state index in [0.29, 0.717) is 5.69 Å². The number of piperidine rings is 1. The van der Waals surface area contributed by atoms with Gasteiger partial charge in [-0.1, -0.05) is 6.07 Å². The number of benzene rings is 1. The van der Waals surface area contributed by atoms with E-state index >= 15 is 0 Å². The van der Waals surface area contributed by atoms with Gasteiger partial charge in [-0.3, -0.25) is 9.78 Å². The SMILES string of the molecule is COc1ccc(-c2c[nH]c(C(=O)N3CCCCC3)c2)c2cccnc12. The van der Waals surface area contributed by atoms with Crippen LogP contribution in [-0.2, 0) is 0 Å². The van der Waals surface area contributed by atoms with Gasteiger partial charge in [0, 0.05) is 36.4 Å². The third-order valence-electron chi connectivity index (χ3n) is 4.82. The number of aromatic nitrogens is 2. The second-order valence-corrected chi connectivity index (χ2v) is 6.37. The number of nitrogens with one attached hydrogen (secondary N) is 1. The Hall–Kier alpha value is -2.82. The molecule has 0 bridgehead atoms. The van der Waals surface area contributed by atoms with Crippen LogP contribution in [-0.4, -0.2) is 41.0 Å². The highest BCUT2D eigenvalue weighted by atomic mass is 16.5. The zero-order chi connectivity index (χ0) is 17.2. The number of amides is 1. The first kappa shape index (κ1) is 15.7. The van der Waals surface area contributed by atoms with E-state index in [2.05, 4.69) is 9.97 Å². The first-order chi connectivity index (χ1) is 12.3. The summed E-state index contributed by atoms with van der Waals surface area (Å²) in [5.74, 6) is 0.835. The van der Waals surface area contributed by atoms with Crippen molar-refractivity contribution < 1.29 is 9.53 Å². The lowest BCUT2D eigenvalue weighted by molar-refractivity contribution is 0.0719. The van der Waals surface area contributed by atoms with Crippen molar-refractivity contribution in [2.75, 3.05) is 20.2 Å². The molecule has 5 nitrogen and oxygen atoms in total. The Morgan fingerprint density at radius 3 is 2.84 bits per heavy atom. The molecular formula is C20H21N3O2. The van der Waals surface area contributed by atoms with E-state index < -0.39 is 0 Å². The van der Waals surface area contributed by atoms with Crippen LogP contribution in [0.2, 0.25) is 0 Å². The zero-order valence-electron chi connectivity index (χ0n) is 14.3. The molecule has 1 amide bonds. The average molecular weight is 335 g/mol. The van der Waals surface area contributed by atoms with Gasteiger partial charge < -0.3 is 14.6 Å². The molecule has 128 valence electrons. The van der Waals surface area contributed by atoms with Crippen molar-refractivity contribution >= 4 is 16.8 Å². The van der Waals surface area contributed by atoms with E-state index in [1.54, 1.807) is 13.3 Å². The number of carbonyl (C=O) groups excluding carboxylic acids is 1. The second kappa shape index (κ2) is 6.59. The fourth-order valence-corrected chi connectivity index (χ4v) is 3.50. The van der Waals surface area contributed by atoms with Crippen LogP contribution in [0.5, 0.6) is 5.75 Å². The molecule has 2 aromatic heterocycles. The molecule has 1 N–H and O–H groups in total. The molecule has 0 aliphatic carbocycles. The fourth-order valence-electron chi connectivity index (χ4n) is 3.50. The molecule has 0 unspecified atom stereocenters. The predicted molar refractivity (Wildman–Crippen MR) is 97.8 cm³/mol. The van der Waals surface area contributed by atoms with Crippen LogP contribution in [0.3, 0.4) is 0 Å². The Labute approximate surface area is 146 Å². The highest BCUT2D eigenvalue weighted by molar-refractivity contribution is 6.00. The van der Waals surface area contributed by atoms with E-state index in [9.17, 15) is 4.79 Å². The van der Waals surface area contributed by atoms with Gasteiger partial charge in [0.2, 0.25) is 0 Å². The number of hydrogen-bond donors (Lipinski definition) is 1. The number of aromatic amines is 1. The van der Waals surface area contributed by atoms with Gasteiger partial charge in [-0.2, -0.15) is 0 Å². The van der Waals surface area contributed by atoms with Crippen molar-refractivity contribution in [2.24, 2.45) is 0 Å². The van der Waals surface area contributed by atoms with Crippen molar-refractivity contribution in [1.82, 2.24) is 14.9 Å². The summed E-state index contributed by atoms with van der Waals surface area (Å²) in [5, 5.41) is 1.01. The second-order valence-electron chi connectivity index (χ2n) is 6.37. The maximum atomic E-state index is 12.7. The normalized spacial score (nSPS) is 14.7. The van der Waals surface area contributed by atoms with Crippen molar-refractivity contribution in [2.45, 2.75) is 19.3 Å². The summed E-state index contributed by atoms with van der Waals surface area (Å²) in [6.07, 6.45) is 7.05. The Balaban J connectivity index is 1.71. The van der Waals surface area contributed by atoms with Crippen LogP contribution in [0.15, 0.2) is 42.7 Å². The minimum Gasteiger partial charge on any atom is -0.494 e. The van der Waals surface area contributed by atoms with Crippen LogP contribution in [0.1, 0.15) is 29.8 Å². The van der Waals surface area contributed by atoms with Crippen molar-refractivity contribution in [3.63, 3.8) is 0 Å². The maximum absolute atomic E-state index is 12.7. The van der Waals surface area contributed by atoms with Crippen molar-refractivity contribution in [3.8, 4) is 16.9 Å². The van der Waals surface area contributed by atoms with Gasteiger partial charge in [-0.05, 0) is 49.1 Å². The van der Waals surface area contributed by atoms with E-state index in [0.717, 1.165) is 53.7 Å². The van der Waals surface area contributed by atoms with Gasteiger partial charge in [0.1, 0.15) is 17.0 Å². The molecule has 0 spiro atoms. The summed E-state index contributed by atoms with van der Waals surface area (Å²) in [6.45, 7) is 1.70. The van der Waals surface area contributed by atoms with E-state index in [1.807, 2.05) is 41.4 Å². The van der Waals surface area contributed by atoms with Crippen LogP contribution >= 0.6 is 0 Å². The summed E-state index contributed by atoms with van der Waals surface area (Å²) >= 11 is 0. The standard InChI is InChI=1S/C20H21N3O2/c1-25-18-8-7-15(16-6-5-9-21-19(16)18)14-12-17(22-13-14)20(24)23-10-3-2-4-11-23/h5-9,12-13,22H,2-4,10-11H2,1H3. The molecule has 25 heavy (non-hydrogen) atoms. The van der Waals surface area contributed by atoms with Crippen LogP contribution in [0, 0.1) is 0 Å². The lowest BCUT2D eigenvalue weighted by Gasteiger charge is -2.26. The Bertz CT molecular complexity index is 910. The number of fused-ring (bicyclic) bond motifs is 1. The first-order valence-electron chi connectivity index (χ1n) is 8.68. The van der Waals surface area contributed by atoms with Gasteiger partial charge in [0.25, 0.3) is 5.91 Å². The number of H-pyrrole nitrogens is 1. The molecule has 4 rings (SSSR count). The number of pyridine rings is 1. The maximum Gasteiger partial charge on any atom is 0.270 e. The highest BCUT2D eigenvalue weighted by Crippen LogP contribution is 2.33. The fraction of sp³-hybridized carbons (Fsp3) is 0.300. The van der Waals surface area contributed by atoms with Crippen molar-refractivity contribution in [1.29, 1.82) is 0 Å². The molecule has 1 aromatic carbocycles. The number of carbonyl (C=O) groups is 1. The van der Waals surface area contributed by atoms with Crippen LogP contribution in [0.25, 0.3) is 22.0 Å². The van der Waals surface area contributed by atoms with Gasteiger partial charge in [-0.25, -0.2) is 0 Å². The quantitative estimate of drug-likeness (QED) is 0.790. The molecule has 5 heteroatoms. The van der Waals surface area contributed by atoms with Gasteiger partial charge in [-0.15, -0.1) is 0 Å². The van der Waals surface area contributed by atoms with Gasteiger partial charge in [0.15, 0.2) is 0 Å². The Morgan fingerprint density at radius 1 is 1.20 bits per heavy atom. The molecule has 3 aromatic rings. The van der Waals surface area contributed by atoms with Crippen molar-refractivity contribution in [3.05, 3.63) is 48.4 Å².